The molecule has 1 unspecified atom stereocenters. The van der Waals surface area contributed by atoms with Crippen molar-refractivity contribution in [1.29, 1.82) is 0 Å². The van der Waals surface area contributed by atoms with E-state index >= 15 is 0 Å². The molecule has 12 aromatic rings. The molecule has 2 aliphatic rings. The van der Waals surface area contributed by atoms with E-state index in [1.54, 1.807) is 0 Å². The molecule has 0 fully saturated rings. The predicted octanol–water partition coefficient (Wildman–Crippen LogP) is 17.6. The monoisotopic (exact) mass is 857 g/mol. The fraction of sp³-hybridized carbons (Fsp3) is 0.0159. The van der Waals surface area contributed by atoms with E-state index in [9.17, 15) is 0 Å². The highest BCUT2D eigenvalue weighted by Gasteiger charge is 2.52. The number of fused-ring (bicyclic) bond motifs is 15. The SMILES string of the molecule is c1ccc(-c2ccc(N(c3ccc(-c4cccc5c4-c4ccccc4C54c5ccccc5Oc5c4ccc4ccccc54)c4ccccc34)c3cccc4c3sc3ccccc34)cc2)cc1. The Morgan fingerprint density at radius 2 is 1.02 bits per heavy atom. The molecule has 2 heterocycles. The zero-order chi connectivity index (χ0) is 43.3. The molecule has 0 saturated carbocycles. The van der Waals surface area contributed by atoms with E-state index in [4.69, 9.17) is 4.74 Å². The standard InChI is InChI=1S/C63H39NOS/c1-2-16-40(17-3-1)41-32-35-43(36-33-41)64(57-29-15-25-50-48-22-9-13-31-59(48)66-62(50)57)56-39-37-46(45-20-6-7-21-47(45)56)49-24-14-28-54-60(49)51-23-8-10-26-52(51)63(54)53-27-11-12-30-58(53)65-61-44-19-5-4-18-42(44)34-38-55(61)63/h1-39H. The molecule has 0 saturated heterocycles. The number of para-hydroxylation sites is 1. The zero-order valence-corrected chi connectivity index (χ0v) is 36.6. The van der Waals surface area contributed by atoms with E-state index < -0.39 is 5.41 Å². The molecule has 1 aliphatic carbocycles. The van der Waals surface area contributed by atoms with Crippen molar-refractivity contribution in [1.82, 2.24) is 0 Å². The van der Waals surface area contributed by atoms with Gasteiger partial charge in [0.1, 0.15) is 11.5 Å². The number of thiophene rings is 1. The van der Waals surface area contributed by atoms with Crippen LogP contribution in [0.1, 0.15) is 22.3 Å². The van der Waals surface area contributed by atoms with Crippen molar-refractivity contribution in [2.24, 2.45) is 0 Å². The lowest BCUT2D eigenvalue weighted by Gasteiger charge is -2.39. The van der Waals surface area contributed by atoms with Gasteiger partial charge in [-0.25, -0.2) is 0 Å². The average Bonchev–Trinajstić information content (AvgIpc) is 3.92. The summed E-state index contributed by atoms with van der Waals surface area (Å²) in [6.07, 6.45) is 0. The quantitative estimate of drug-likeness (QED) is 0.171. The second-order valence-corrected chi connectivity index (χ2v) is 18.5. The lowest BCUT2D eigenvalue weighted by molar-refractivity contribution is 0.441. The number of benzene rings is 11. The summed E-state index contributed by atoms with van der Waals surface area (Å²) in [5, 5.41) is 7.25. The first-order valence-electron chi connectivity index (χ1n) is 22.7. The predicted molar refractivity (Wildman–Crippen MR) is 277 cm³/mol. The molecule has 3 heteroatoms. The van der Waals surface area contributed by atoms with Crippen LogP contribution in [0.5, 0.6) is 11.5 Å². The van der Waals surface area contributed by atoms with E-state index in [-0.39, 0.29) is 0 Å². The van der Waals surface area contributed by atoms with Gasteiger partial charge in [0.05, 0.1) is 21.5 Å². The molecule has 14 rings (SSSR count). The van der Waals surface area contributed by atoms with Gasteiger partial charge in [-0.2, -0.15) is 0 Å². The summed E-state index contributed by atoms with van der Waals surface area (Å²) in [4.78, 5) is 2.48. The van der Waals surface area contributed by atoms with E-state index in [1.165, 1.54) is 97.7 Å². The second kappa shape index (κ2) is 14.4. The van der Waals surface area contributed by atoms with E-state index in [0.717, 1.165) is 28.3 Å². The maximum absolute atomic E-state index is 6.96. The lowest BCUT2D eigenvalue weighted by Crippen LogP contribution is -2.32. The van der Waals surface area contributed by atoms with Crippen LogP contribution in [-0.2, 0) is 5.41 Å². The fourth-order valence-electron chi connectivity index (χ4n) is 11.4. The van der Waals surface area contributed by atoms with Crippen molar-refractivity contribution in [3.05, 3.63) is 259 Å². The maximum Gasteiger partial charge on any atom is 0.140 e. The van der Waals surface area contributed by atoms with Crippen molar-refractivity contribution in [3.63, 3.8) is 0 Å². The summed E-state index contributed by atoms with van der Waals surface area (Å²) in [5.41, 5.74) is 15.1. The Morgan fingerprint density at radius 1 is 0.364 bits per heavy atom. The second-order valence-electron chi connectivity index (χ2n) is 17.5. The number of ether oxygens (including phenoxy) is 1. The molecule has 308 valence electrons. The molecule has 0 amide bonds. The highest BCUT2D eigenvalue weighted by molar-refractivity contribution is 7.26. The van der Waals surface area contributed by atoms with Gasteiger partial charge in [-0.3, -0.25) is 0 Å². The summed E-state index contributed by atoms with van der Waals surface area (Å²) in [7, 11) is 0. The molecule has 0 bridgehead atoms. The molecule has 0 N–H and O–H groups in total. The first kappa shape index (κ1) is 37.2. The Morgan fingerprint density at radius 3 is 1.89 bits per heavy atom. The Hall–Kier alpha value is -8.24. The minimum Gasteiger partial charge on any atom is -0.456 e. The Bertz CT molecular complexity index is 3920. The van der Waals surface area contributed by atoms with Gasteiger partial charge in [-0.05, 0) is 91.7 Å². The van der Waals surface area contributed by atoms with Crippen LogP contribution in [0.2, 0.25) is 0 Å². The number of rotatable bonds is 5. The lowest BCUT2D eigenvalue weighted by atomic mass is 9.65. The van der Waals surface area contributed by atoms with Crippen molar-refractivity contribution in [2.45, 2.75) is 5.41 Å². The van der Waals surface area contributed by atoms with Crippen LogP contribution in [0.3, 0.4) is 0 Å². The third kappa shape index (κ3) is 5.23. The Kier molecular flexibility index (Phi) is 8.10. The highest BCUT2D eigenvalue weighted by Crippen LogP contribution is 2.64. The van der Waals surface area contributed by atoms with Gasteiger partial charge in [-0.15, -0.1) is 11.3 Å². The molecular formula is C63H39NOS. The minimum absolute atomic E-state index is 0.586. The van der Waals surface area contributed by atoms with Gasteiger partial charge >= 0.3 is 0 Å². The van der Waals surface area contributed by atoms with Crippen molar-refractivity contribution >= 4 is 70.1 Å². The zero-order valence-electron chi connectivity index (χ0n) is 35.8. The first-order chi connectivity index (χ1) is 32.8. The smallest absolute Gasteiger partial charge is 0.140 e. The van der Waals surface area contributed by atoms with Crippen molar-refractivity contribution in [2.75, 3.05) is 4.90 Å². The average molecular weight is 858 g/mol. The van der Waals surface area contributed by atoms with E-state index in [1.807, 2.05) is 11.3 Å². The fourth-order valence-corrected chi connectivity index (χ4v) is 12.6. The van der Waals surface area contributed by atoms with Crippen LogP contribution in [-0.4, -0.2) is 0 Å². The van der Waals surface area contributed by atoms with E-state index in [0.29, 0.717) is 0 Å². The van der Waals surface area contributed by atoms with Gasteiger partial charge in [0, 0.05) is 43.1 Å². The third-order valence-electron chi connectivity index (χ3n) is 14.1. The molecule has 1 atom stereocenters. The van der Waals surface area contributed by atoms with E-state index in [2.05, 4.69) is 241 Å². The first-order valence-corrected chi connectivity index (χ1v) is 23.5. The van der Waals surface area contributed by atoms with Gasteiger partial charge < -0.3 is 9.64 Å². The number of nitrogens with zero attached hydrogens (tertiary/aromatic N) is 1. The van der Waals surface area contributed by atoms with Gasteiger partial charge in [0.25, 0.3) is 0 Å². The summed E-state index contributed by atoms with van der Waals surface area (Å²) >= 11 is 1.87. The minimum atomic E-state index is -0.586. The van der Waals surface area contributed by atoms with Gasteiger partial charge in [-0.1, -0.05) is 200 Å². The van der Waals surface area contributed by atoms with Crippen LogP contribution in [0.25, 0.3) is 75.1 Å². The van der Waals surface area contributed by atoms with Gasteiger partial charge in [0.2, 0.25) is 0 Å². The Labute approximate surface area is 386 Å². The van der Waals surface area contributed by atoms with Crippen molar-refractivity contribution in [3.8, 4) is 44.9 Å². The summed E-state index contributed by atoms with van der Waals surface area (Å²) in [6, 6.07) is 86.9. The van der Waals surface area contributed by atoms with Crippen LogP contribution in [0.4, 0.5) is 17.1 Å². The van der Waals surface area contributed by atoms with Crippen LogP contribution in [0.15, 0.2) is 237 Å². The van der Waals surface area contributed by atoms with Crippen LogP contribution in [0, 0.1) is 0 Å². The van der Waals surface area contributed by atoms with Crippen LogP contribution < -0.4 is 9.64 Å². The third-order valence-corrected chi connectivity index (χ3v) is 15.4. The molecular weight excluding hydrogens is 819 g/mol. The molecule has 1 spiro atoms. The molecule has 1 aromatic heterocycles. The van der Waals surface area contributed by atoms with Crippen molar-refractivity contribution < 1.29 is 4.74 Å². The largest absolute Gasteiger partial charge is 0.456 e. The molecule has 11 aromatic carbocycles. The van der Waals surface area contributed by atoms with Crippen LogP contribution >= 0.6 is 11.3 Å². The normalized spacial score (nSPS) is 14.5. The molecule has 0 radical (unpaired) electrons. The topological polar surface area (TPSA) is 12.5 Å². The van der Waals surface area contributed by atoms with Gasteiger partial charge in [0.15, 0.2) is 0 Å². The Balaban J connectivity index is 1.01. The summed E-state index contributed by atoms with van der Waals surface area (Å²) in [5.74, 6) is 1.83. The number of hydrogen-bond donors (Lipinski definition) is 0. The molecule has 66 heavy (non-hydrogen) atoms. The maximum atomic E-state index is 6.96. The molecule has 2 nitrogen and oxygen atoms in total. The summed E-state index contributed by atoms with van der Waals surface area (Å²) < 4.78 is 9.52. The highest BCUT2D eigenvalue weighted by atomic mass is 32.1. The number of anilines is 3. The number of hydrogen-bond acceptors (Lipinski definition) is 3. The molecule has 1 aliphatic heterocycles. The summed E-state index contributed by atoms with van der Waals surface area (Å²) in [6.45, 7) is 0.